The maximum atomic E-state index is 13.5. The molecule has 3 amide bonds. The van der Waals surface area contributed by atoms with Crippen LogP contribution in [0.25, 0.3) is 0 Å². The Balaban J connectivity index is 1.58. The van der Waals surface area contributed by atoms with E-state index < -0.39 is 39.9 Å². The number of anilines is 2. The molecule has 0 fully saturated rings. The van der Waals surface area contributed by atoms with Crippen LogP contribution in [0.15, 0.2) is 71.6 Å². The van der Waals surface area contributed by atoms with E-state index in [1.165, 1.54) is 41.1 Å². The van der Waals surface area contributed by atoms with Crippen molar-refractivity contribution < 1.29 is 41.0 Å². The summed E-state index contributed by atoms with van der Waals surface area (Å²) in [5, 5.41) is 12.5. The molecule has 46 heavy (non-hydrogen) atoms. The van der Waals surface area contributed by atoms with Crippen molar-refractivity contribution in [2.75, 3.05) is 36.8 Å². The Morgan fingerprint density at radius 2 is 1.72 bits per heavy atom. The zero-order valence-corrected chi connectivity index (χ0v) is 26.7. The summed E-state index contributed by atoms with van der Waals surface area (Å²) in [4.78, 5) is 29.4. The standard InChI is InChI=1S/C32H37F3N4O6S/c1-20-5-12-27(13-6-20)46(43,44)37-26-11-14-28-23(15-26)16-30(41)39(22(3)19-40)17-21(2)29(45-28)18-38(4)31(42)36-25-9-7-24(8-10-25)32(33,34)35/h5-15,21-22,29,37,40H,16-19H2,1-4H3,(H,36,42)/t21-,22-,29+/m1/s1. The smallest absolute Gasteiger partial charge is 0.416 e. The Kier molecular flexibility index (Phi) is 10.5. The van der Waals surface area contributed by atoms with E-state index in [1.807, 2.05) is 13.8 Å². The van der Waals surface area contributed by atoms with Crippen molar-refractivity contribution in [2.45, 2.75) is 50.4 Å². The lowest BCUT2D eigenvalue weighted by molar-refractivity contribution is -0.137. The van der Waals surface area contributed by atoms with E-state index in [0.29, 0.717) is 11.3 Å². The van der Waals surface area contributed by atoms with Crippen LogP contribution in [0.1, 0.15) is 30.5 Å². The molecule has 0 aliphatic carbocycles. The van der Waals surface area contributed by atoms with Gasteiger partial charge in [0.2, 0.25) is 5.91 Å². The Morgan fingerprint density at radius 1 is 1.09 bits per heavy atom. The Bertz CT molecular complexity index is 1650. The average Bonchev–Trinajstić information content (AvgIpc) is 3.04. The van der Waals surface area contributed by atoms with Crippen LogP contribution in [0.2, 0.25) is 0 Å². The number of benzene rings is 3. The first kappa shape index (κ1) is 34.6. The van der Waals surface area contributed by atoms with Gasteiger partial charge in [-0.05, 0) is 68.4 Å². The minimum atomic E-state index is -4.50. The monoisotopic (exact) mass is 662 g/mol. The fourth-order valence-electron chi connectivity index (χ4n) is 4.96. The lowest BCUT2D eigenvalue weighted by atomic mass is 10.0. The number of ether oxygens (including phenoxy) is 1. The molecule has 1 aliphatic heterocycles. The van der Waals surface area contributed by atoms with Crippen molar-refractivity contribution >= 4 is 33.3 Å². The number of hydrogen-bond donors (Lipinski definition) is 3. The molecule has 3 atom stereocenters. The number of sulfonamides is 1. The van der Waals surface area contributed by atoms with E-state index >= 15 is 0 Å². The summed E-state index contributed by atoms with van der Waals surface area (Å²) in [6.45, 7) is 5.32. The summed E-state index contributed by atoms with van der Waals surface area (Å²) in [6.07, 6.45) is -5.31. The van der Waals surface area contributed by atoms with Crippen molar-refractivity contribution in [3.63, 3.8) is 0 Å². The molecule has 3 N–H and O–H groups in total. The number of amides is 3. The molecule has 0 saturated heterocycles. The number of carbonyl (C=O) groups excluding carboxylic acids is 2. The van der Waals surface area contributed by atoms with Crippen LogP contribution in [-0.4, -0.2) is 74.2 Å². The van der Waals surface area contributed by atoms with Gasteiger partial charge < -0.3 is 25.0 Å². The highest BCUT2D eigenvalue weighted by molar-refractivity contribution is 7.92. The first-order chi connectivity index (χ1) is 21.6. The molecule has 0 unspecified atom stereocenters. The predicted molar refractivity (Wildman–Crippen MR) is 167 cm³/mol. The Labute approximate surface area is 266 Å². The van der Waals surface area contributed by atoms with Gasteiger partial charge >= 0.3 is 12.2 Å². The number of aryl methyl sites for hydroxylation is 1. The normalized spacial score (nSPS) is 17.9. The van der Waals surface area contributed by atoms with Gasteiger partial charge in [-0.25, -0.2) is 13.2 Å². The van der Waals surface area contributed by atoms with Gasteiger partial charge in [0, 0.05) is 36.4 Å². The van der Waals surface area contributed by atoms with Crippen molar-refractivity contribution in [1.29, 1.82) is 0 Å². The molecule has 0 aromatic heterocycles. The number of aliphatic hydroxyl groups is 1. The fourth-order valence-corrected chi connectivity index (χ4v) is 6.01. The quantitative estimate of drug-likeness (QED) is 0.307. The topological polar surface area (TPSA) is 128 Å². The van der Waals surface area contributed by atoms with E-state index in [1.54, 1.807) is 25.1 Å². The second-order valence-corrected chi connectivity index (χ2v) is 13.2. The number of alkyl halides is 3. The Morgan fingerprint density at radius 3 is 2.33 bits per heavy atom. The maximum Gasteiger partial charge on any atom is 0.416 e. The molecule has 4 rings (SSSR count). The average molecular weight is 663 g/mol. The summed E-state index contributed by atoms with van der Waals surface area (Å²) in [6, 6.07) is 13.9. The van der Waals surface area contributed by atoms with Gasteiger partial charge in [-0.3, -0.25) is 9.52 Å². The molecule has 1 heterocycles. The number of carbonyl (C=O) groups is 2. The third-order valence-corrected chi connectivity index (χ3v) is 9.16. The minimum Gasteiger partial charge on any atom is -0.488 e. The fraction of sp³-hybridized carbons (Fsp3) is 0.375. The molecule has 3 aromatic carbocycles. The molecular weight excluding hydrogens is 625 g/mol. The van der Waals surface area contributed by atoms with Gasteiger partial charge in [0.1, 0.15) is 11.9 Å². The van der Waals surface area contributed by atoms with Gasteiger partial charge in [-0.2, -0.15) is 13.2 Å². The summed E-state index contributed by atoms with van der Waals surface area (Å²) < 4.78 is 73.8. The van der Waals surface area contributed by atoms with Crippen LogP contribution >= 0.6 is 0 Å². The second-order valence-electron chi connectivity index (χ2n) is 11.5. The number of fused-ring (bicyclic) bond motifs is 1. The van der Waals surface area contributed by atoms with Gasteiger partial charge in [-0.1, -0.05) is 24.6 Å². The van der Waals surface area contributed by atoms with Crippen LogP contribution < -0.4 is 14.8 Å². The predicted octanol–water partition coefficient (Wildman–Crippen LogP) is 5.13. The van der Waals surface area contributed by atoms with Gasteiger partial charge in [0.15, 0.2) is 0 Å². The van der Waals surface area contributed by atoms with E-state index in [4.69, 9.17) is 4.74 Å². The summed E-state index contributed by atoms with van der Waals surface area (Å²) in [7, 11) is -2.42. The molecule has 1 aliphatic rings. The highest BCUT2D eigenvalue weighted by Crippen LogP contribution is 2.31. The molecule has 0 bridgehead atoms. The van der Waals surface area contributed by atoms with Gasteiger partial charge in [-0.15, -0.1) is 0 Å². The highest BCUT2D eigenvalue weighted by Gasteiger charge is 2.33. The molecule has 3 aromatic rings. The number of urea groups is 1. The zero-order valence-electron chi connectivity index (χ0n) is 25.8. The van der Waals surface area contributed by atoms with E-state index in [2.05, 4.69) is 10.0 Å². The van der Waals surface area contributed by atoms with Crippen LogP contribution in [0.4, 0.5) is 29.3 Å². The molecule has 0 radical (unpaired) electrons. The second kappa shape index (κ2) is 14.0. The number of rotatable bonds is 8. The lowest BCUT2D eigenvalue weighted by Gasteiger charge is -2.34. The molecule has 0 saturated carbocycles. The SMILES string of the molecule is Cc1ccc(S(=O)(=O)Nc2ccc3c(c2)CC(=O)N([C@H](C)CO)C[C@@H](C)[C@H](CN(C)C(=O)Nc2ccc(C(F)(F)F)cc2)O3)cc1. The molecule has 0 spiro atoms. The number of aliphatic hydroxyl groups excluding tert-OH is 1. The number of halogens is 3. The zero-order chi connectivity index (χ0) is 33.8. The number of nitrogens with zero attached hydrogens (tertiary/aromatic N) is 2. The lowest BCUT2D eigenvalue weighted by Crippen LogP contribution is -2.48. The van der Waals surface area contributed by atoms with E-state index in [0.717, 1.165) is 29.8 Å². The number of likely N-dealkylation sites (N-methyl/N-ethyl adjacent to an activating group) is 1. The van der Waals surface area contributed by atoms with Crippen LogP contribution in [0, 0.1) is 12.8 Å². The van der Waals surface area contributed by atoms with Crippen LogP contribution in [0.3, 0.4) is 0 Å². The third-order valence-electron chi connectivity index (χ3n) is 7.76. The number of hydrogen-bond acceptors (Lipinski definition) is 6. The summed E-state index contributed by atoms with van der Waals surface area (Å²) >= 11 is 0. The summed E-state index contributed by atoms with van der Waals surface area (Å²) in [5.41, 5.74) is 0.856. The first-order valence-corrected chi connectivity index (χ1v) is 16.0. The number of nitrogens with one attached hydrogen (secondary N) is 2. The van der Waals surface area contributed by atoms with Gasteiger partial charge in [0.25, 0.3) is 10.0 Å². The van der Waals surface area contributed by atoms with E-state index in [9.17, 15) is 36.3 Å². The van der Waals surface area contributed by atoms with Crippen molar-refractivity contribution in [3.8, 4) is 5.75 Å². The van der Waals surface area contributed by atoms with Crippen molar-refractivity contribution in [2.24, 2.45) is 5.92 Å². The maximum absolute atomic E-state index is 13.5. The van der Waals surface area contributed by atoms with Crippen LogP contribution in [-0.2, 0) is 27.4 Å². The summed E-state index contributed by atoms with van der Waals surface area (Å²) in [5.74, 6) is -0.325. The molecule has 14 heteroatoms. The Hall–Kier alpha value is -4.30. The first-order valence-electron chi connectivity index (χ1n) is 14.6. The minimum absolute atomic E-state index is 0.0322. The van der Waals surface area contributed by atoms with Gasteiger partial charge in [0.05, 0.1) is 36.1 Å². The highest BCUT2D eigenvalue weighted by atomic mass is 32.2. The van der Waals surface area contributed by atoms with Crippen molar-refractivity contribution in [1.82, 2.24) is 9.80 Å². The van der Waals surface area contributed by atoms with Crippen LogP contribution in [0.5, 0.6) is 5.75 Å². The molecule has 10 nitrogen and oxygen atoms in total. The van der Waals surface area contributed by atoms with Crippen molar-refractivity contribution in [3.05, 3.63) is 83.4 Å². The van der Waals surface area contributed by atoms with E-state index in [-0.39, 0.29) is 54.2 Å². The molecule has 248 valence electrons. The largest absolute Gasteiger partial charge is 0.488 e. The third kappa shape index (κ3) is 8.49. The molecular formula is C32H37F3N4O6S.